The first-order valence-electron chi connectivity index (χ1n) is 5.50. The summed E-state index contributed by atoms with van der Waals surface area (Å²) >= 11 is 0. The standard InChI is InChI=1S/C12H20O3/c1-9(2)7-12(13)15-11-6-4-5-10(8-11)14-3/h7,10-11H,4-6,8H2,1-3H3. The molecular formula is C12H20O3. The maximum atomic E-state index is 11.4. The van der Waals surface area contributed by atoms with Gasteiger partial charge in [-0.15, -0.1) is 0 Å². The summed E-state index contributed by atoms with van der Waals surface area (Å²) in [7, 11) is 1.71. The summed E-state index contributed by atoms with van der Waals surface area (Å²) in [6, 6.07) is 0. The molecule has 0 aromatic carbocycles. The van der Waals surface area contributed by atoms with Crippen molar-refractivity contribution in [2.75, 3.05) is 7.11 Å². The predicted octanol–water partition coefficient (Wildman–Crippen LogP) is 2.45. The minimum Gasteiger partial charge on any atom is -0.459 e. The van der Waals surface area contributed by atoms with Crippen LogP contribution < -0.4 is 0 Å². The summed E-state index contributed by atoms with van der Waals surface area (Å²) in [5, 5.41) is 0. The van der Waals surface area contributed by atoms with Gasteiger partial charge in [-0.1, -0.05) is 5.57 Å². The largest absolute Gasteiger partial charge is 0.459 e. The normalized spacial score (nSPS) is 25.8. The van der Waals surface area contributed by atoms with Crippen molar-refractivity contribution in [3.05, 3.63) is 11.6 Å². The molecule has 1 rings (SSSR count). The van der Waals surface area contributed by atoms with Gasteiger partial charge in [-0.2, -0.15) is 0 Å². The summed E-state index contributed by atoms with van der Waals surface area (Å²) in [5.74, 6) is -0.225. The topological polar surface area (TPSA) is 35.5 Å². The van der Waals surface area contributed by atoms with Gasteiger partial charge in [0.25, 0.3) is 0 Å². The second kappa shape index (κ2) is 5.91. The number of hydrogen-bond acceptors (Lipinski definition) is 3. The summed E-state index contributed by atoms with van der Waals surface area (Å²) < 4.78 is 10.6. The minimum absolute atomic E-state index is 0.0341. The minimum atomic E-state index is -0.225. The second-order valence-electron chi connectivity index (χ2n) is 4.30. The van der Waals surface area contributed by atoms with E-state index < -0.39 is 0 Å². The lowest BCUT2D eigenvalue weighted by atomic mass is 9.95. The van der Waals surface area contributed by atoms with Gasteiger partial charge in [0.1, 0.15) is 6.10 Å². The van der Waals surface area contributed by atoms with Crippen LogP contribution in [0.4, 0.5) is 0 Å². The first-order chi connectivity index (χ1) is 7.11. The molecule has 1 aliphatic rings. The molecule has 2 atom stereocenters. The Morgan fingerprint density at radius 3 is 2.53 bits per heavy atom. The Morgan fingerprint density at radius 1 is 1.27 bits per heavy atom. The van der Waals surface area contributed by atoms with Crippen molar-refractivity contribution in [2.45, 2.75) is 51.7 Å². The highest BCUT2D eigenvalue weighted by molar-refractivity contribution is 5.82. The van der Waals surface area contributed by atoms with Crippen molar-refractivity contribution in [1.29, 1.82) is 0 Å². The van der Waals surface area contributed by atoms with Crippen LogP contribution in [0.15, 0.2) is 11.6 Å². The average molecular weight is 212 g/mol. The van der Waals surface area contributed by atoms with Crippen molar-refractivity contribution in [3.63, 3.8) is 0 Å². The van der Waals surface area contributed by atoms with Gasteiger partial charge in [-0.3, -0.25) is 0 Å². The third-order valence-corrected chi connectivity index (χ3v) is 2.60. The molecule has 0 aromatic rings. The van der Waals surface area contributed by atoms with Gasteiger partial charge >= 0.3 is 5.97 Å². The third kappa shape index (κ3) is 4.47. The van der Waals surface area contributed by atoms with E-state index in [0.717, 1.165) is 31.3 Å². The number of methoxy groups -OCH3 is 1. The molecular weight excluding hydrogens is 192 g/mol. The molecule has 0 N–H and O–H groups in total. The molecule has 15 heavy (non-hydrogen) atoms. The van der Waals surface area contributed by atoms with Crippen LogP contribution in [0.25, 0.3) is 0 Å². The van der Waals surface area contributed by atoms with Crippen molar-refractivity contribution >= 4 is 5.97 Å². The Kier molecular flexibility index (Phi) is 4.82. The molecule has 0 radical (unpaired) electrons. The molecule has 3 nitrogen and oxygen atoms in total. The zero-order valence-corrected chi connectivity index (χ0v) is 9.79. The smallest absolute Gasteiger partial charge is 0.330 e. The number of ether oxygens (including phenoxy) is 2. The number of hydrogen-bond donors (Lipinski definition) is 0. The van der Waals surface area contributed by atoms with E-state index in [1.807, 2.05) is 13.8 Å². The fraction of sp³-hybridized carbons (Fsp3) is 0.750. The SMILES string of the molecule is COC1CCCC(OC(=O)C=C(C)C)C1. The maximum Gasteiger partial charge on any atom is 0.330 e. The Hall–Kier alpha value is -0.830. The van der Waals surface area contributed by atoms with E-state index in [1.165, 1.54) is 6.08 Å². The Labute approximate surface area is 91.4 Å². The van der Waals surface area contributed by atoms with E-state index >= 15 is 0 Å². The fourth-order valence-electron chi connectivity index (χ4n) is 1.86. The first-order valence-corrected chi connectivity index (χ1v) is 5.50. The van der Waals surface area contributed by atoms with E-state index in [9.17, 15) is 4.79 Å². The van der Waals surface area contributed by atoms with Gasteiger partial charge in [0, 0.05) is 19.6 Å². The maximum absolute atomic E-state index is 11.4. The molecule has 3 heteroatoms. The van der Waals surface area contributed by atoms with Gasteiger partial charge in [0.05, 0.1) is 6.10 Å². The first kappa shape index (κ1) is 12.2. The van der Waals surface area contributed by atoms with Gasteiger partial charge in [-0.25, -0.2) is 4.79 Å². The van der Waals surface area contributed by atoms with Crippen LogP contribution in [0.5, 0.6) is 0 Å². The monoisotopic (exact) mass is 212 g/mol. The van der Waals surface area contributed by atoms with Crippen LogP contribution in [0, 0.1) is 0 Å². The Balaban J connectivity index is 2.38. The van der Waals surface area contributed by atoms with Crippen LogP contribution in [0.1, 0.15) is 39.5 Å². The fourth-order valence-corrected chi connectivity index (χ4v) is 1.86. The highest BCUT2D eigenvalue weighted by Gasteiger charge is 2.23. The van der Waals surface area contributed by atoms with E-state index in [-0.39, 0.29) is 18.2 Å². The molecule has 86 valence electrons. The molecule has 0 aromatic heterocycles. The van der Waals surface area contributed by atoms with Crippen molar-refractivity contribution in [3.8, 4) is 0 Å². The zero-order valence-electron chi connectivity index (χ0n) is 9.79. The zero-order chi connectivity index (χ0) is 11.3. The van der Waals surface area contributed by atoms with Crippen LogP contribution in [0.2, 0.25) is 0 Å². The summed E-state index contributed by atoms with van der Waals surface area (Å²) in [4.78, 5) is 11.4. The molecule has 1 aliphatic carbocycles. The number of rotatable bonds is 3. The Morgan fingerprint density at radius 2 is 1.93 bits per heavy atom. The molecule has 0 heterocycles. The van der Waals surface area contributed by atoms with Crippen molar-refractivity contribution < 1.29 is 14.3 Å². The van der Waals surface area contributed by atoms with E-state index in [1.54, 1.807) is 7.11 Å². The van der Waals surface area contributed by atoms with Gasteiger partial charge in [0.15, 0.2) is 0 Å². The molecule has 0 spiro atoms. The summed E-state index contributed by atoms with van der Waals surface area (Å²) in [6.45, 7) is 3.78. The summed E-state index contributed by atoms with van der Waals surface area (Å²) in [6.07, 6.45) is 5.77. The molecule has 1 fully saturated rings. The average Bonchev–Trinajstić information content (AvgIpc) is 2.16. The second-order valence-corrected chi connectivity index (χ2v) is 4.30. The molecule has 0 bridgehead atoms. The van der Waals surface area contributed by atoms with Gasteiger partial charge in [0.2, 0.25) is 0 Å². The van der Waals surface area contributed by atoms with Gasteiger partial charge < -0.3 is 9.47 Å². The predicted molar refractivity (Wildman–Crippen MR) is 58.6 cm³/mol. The van der Waals surface area contributed by atoms with E-state index in [4.69, 9.17) is 9.47 Å². The molecule has 0 aliphatic heterocycles. The van der Waals surface area contributed by atoms with Crippen molar-refractivity contribution in [1.82, 2.24) is 0 Å². The quantitative estimate of drug-likeness (QED) is 0.532. The molecule has 2 unspecified atom stereocenters. The number of esters is 1. The van der Waals surface area contributed by atoms with Crippen LogP contribution in [-0.2, 0) is 14.3 Å². The van der Waals surface area contributed by atoms with E-state index in [0.29, 0.717) is 0 Å². The lowest BCUT2D eigenvalue weighted by Crippen LogP contribution is -2.28. The molecule has 0 amide bonds. The highest BCUT2D eigenvalue weighted by atomic mass is 16.5. The highest BCUT2D eigenvalue weighted by Crippen LogP contribution is 2.23. The molecule has 0 saturated heterocycles. The number of allylic oxidation sites excluding steroid dienone is 1. The number of carbonyl (C=O) groups excluding carboxylic acids is 1. The lowest BCUT2D eigenvalue weighted by molar-refractivity contribution is -0.146. The van der Waals surface area contributed by atoms with Crippen LogP contribution in [0.3, 0.4) is 0 Å². The third-order valence-electron chi connectivity index (χ3n) is 2.60. The summed E-state index contributed by atoms with van der Waals surface area (Å²) in [5.41, 5.74) is 0.971. The van der Waals surface area contributed by atoms with Crippen LogP contribution in [-0.4, -0.2) is 25.3 Å². The number of carbonyl (C=O) groups is 1. The Bertz CT molecular complexity index is 241. The van der Waals surface area contributed by atoms with Crippen LogP contribution >= 0.6 is 0 Å². The van der Waals surface area contributed by atoms with E-state index in [2.05, 4.69) is 0 Å². The molecule has 1 saturated carbocycles. The lowest BCUT2D eigenvalue weighted by Gasteiger charge is -2.27. The van der Waals surface area contributed by atoms with Gasteiger partial charge in [-0.05, 0) is 33.1 Å². The van der Waals surface area contributed by atoms with Crippen molar-refractivity contribution in [2.24, 2.45) is 0 Å².